The molecule has 2 aromatic heterocycles. The van der Waals surface area contributed by atoms with Crippen LogP contribution in [0.2, 0.25) is 0 Å². The van der Waals surface area contributed by atoms with Crippen LogP contribution < -0.4 is 0 Å². The van der Waals surface area contributed by atoms with Crippen LogP contribution in [0.25, 0.3) is 10.9 Å². The van der Waals surface area contributed by atoms with Gasteiger partial charge in [-0.3, -0.25) is 0 Å². The van der Waals surface area contributed by atoms with E-state index >= 15 is 0 Å². The van der Waals surface area contributed by atoms with Crippen LogP contribution in [0.1, 0.15) is 28.3 Å². The lowest BCUT2D eigenvalue weighted by Gasteiger charge is -2.11. The molecule has 3 rings (SSSR count). The first-order valence-corrected chi connectivity index (χ1v) is 7.28. The summed E-state index contributed by atoms with van der Waals surface area (Å²) in [5, 5.41) is 8.77. The lowest BCUT2D eigenvalue weighted by molar-refractivity contribution is -0.153. The Morgan fingerprint density at radius 1 is 1.04 bits per heavy atom. The highest BCUT2D eigenvalue weighted by molar-refractivity contribution is 5.87. The van der Waals surface area contributed by atoms with Crippen molar-refractivity contribution < 1.29 is 30.8 Å². The summed E-state index contributed by atoms with van der Waals surface area (Å²) in [6.45, 7) is 1.36. The minimum absolute atomic E-state index is 0.0455. The van der Waals surface area contributed by atoms with Gasteiger partial charge < -0.3 is 8.98 Å². The Bertz CT molecular complexity index is 1020. The van der Waals surface area contributed by atoms with Crippen LogP contribution in [0.15, 0.2) is 34.7 Å². The molecule has 136 valence electrons. The minimum atomic E-state index is -4.74. The van der Waals surface area contributed by atoms with Crippen LogP contribution in [0.4, 0.5) is 26.3 Å². The number of alkyl halides is 6. The predicted molar refractivity (Wildman–Crippen MR) is 79.2 cm³/mol. The first kappa shape index (κ1) is 17.9. The number of fused-ring (bicyclic) bond motifs is 1. The molecule has 26 heavy (non-hydrogen) atoms. The number of furan rings is 1. The van der Waals surface area contributed by atoms with Crippen molar-refractivity contribution in [2.24, 2.45) is 0 Å². The number of nitriles is 1. The molecule has 0 N–H and O–H groups in total. The molecule has 0 bridgehead atoms. The van der Waals surface area contributed by atoms with Crippen molar-refractivity contribution in [3.8, 4) is 6.07 Å². The number of aromatic nitrogens is 1. The Kier molecular flexibility index (Phi) is 4.02. The van der Waals surface area contributed by atoms with Crippen LogP contribution in [0, 0.1) is 18.3 Å². The Morgan fingerprint density at radius 3 is 2.27 bits per heavy atom. The molecule has 3 nitrogen and oxygen atoms in total. The molecule has 0 radical (unpaired) electrons. The molecular weight excluding hydrogens is 362 g/mol. The highest BCUT2D eigenvalue weighted by atomic mass is 19.4. The molecule has 0 fully saturated rings. The van der Waals surface area contributed by atoms with Crippen LogP contribution in [0.3, 0.4) is 0 Å². The third kappa shape index (κ3) is 3.03. The normalized spacial score (nSPS) is 12.5. The lowest BCUT2D eigenvalue weighted by Crippen LogP contribution is -2.09. The lowest BCUT2D eigenvalue weighted by atomic mass is 10.0. The van der Waals surface area contributed by atoms with Crippen molar-refractivity contribution in [3.63, 3.8) is 0 Å². The summed E-state index contributed by atoms with van der Waals surface area (Å²) in [6.07, 6.45) is -9.38. The van der Waals surface area contributed by atoms with E-state index in [1.165, 1.54) is 29.7 Å². The second kappa shape index (κ2) is 5.83. The molecule has 0 saturated heterocycles. The Hall–Kier alpha value is -2.89. The largest absolute Gasteiger partial charge is 0.455 e. The van der Waals surface area contributed by atoms with E-state index in [-0.39, 0.29) is 23.2 Å². The predicted octanol–water partition coefficient (Wildman–Crippen LogP) is 5.50. The highest BCUT2D eigenvalue weighted by Crippen LogP contribution is 2.39. The first-order chi connectivity index (χ1) is 12.0. The maximum absolute atomic E-state index is 13.4. The fourth-order valence-corrected chi connectivity index (χ4v) is 2.85. The van der Waals surface area contributed by atoms with Gasteiger partial charge in [-0.15, -0.1) is 0 Å². The van der Waals surface area contributed by atoms with E-state index in [1.54, 1.807) is 0 Å². The summed E-state index contributed by atoms with van der Waals surface area (Å²) < 4.78 is 84.1. The third-order valence-electron chi connectivity index (χ3n) is 3.95. The second-order valence-corrected chi connectivity index (χ2v) is 5.67. The Morgan fingerprint density at radius 2 is 1.73 bits per heavy atom. The standard InChI is InChI=1S/C17H10F6N2O/c1-9-6-12-13(4-2-10(7-24)15(12)17(21,22)23)25(9)8-11-3-5-14(26-11)16(18,19)20/h2-6H,8H2,1H3. The number of hydrogen-bond donors (Lipinski definition) is 0. The number of aryl methyl sites for hydroxylation is 1. The minimum Gasteiger partial charge on any atom is -0.455 e. The molecule has 0 aliphatic carbocycles. The molecular formula is C17H10F6N2O. The molecule has 0 amide bonds. The summed E-state index contributed by atoms with van der Waals surface area (Å²) in [4.78, 5) is 0. The molecule has 0 atom stereocenters. The van der Waals surface area contributed by atoms with Crippen LogP contribution in [-0.2, 0) is 18.9 Å². The first-order valence-electron chi connectivity index (χ1n) is 7.28. The van der Waals surface area contributed by atoms with Gasteiger partial charge in [-0.2, -0.15) is 31.6 Å². The molecule has 0 unspecified atom stereocenters. The van der Waals surface area contributed by atoms with Crippen LogP contribution in [0.5, 0.6) is 0 Å². The maximum atomic E-state index is 13.4. The van der Waals surface area contributed by atoms with E-state index in [1.807, 2.05) is 0 Å². The topological polar surface area (TPSA) is 41.9 Å². The third-order valence-corrected chi connectivity index (χ3v) is 3.95. The van der Waals surface area contributed by atoms with E-state index in [0.29, 0.717) is 5.69 Å². The highest BCUT2D eigenvalue weighted by Gasteiger charge is 2.37. The summed E-state index contributed by atoms with van der Waals surface area (Å²) in [7, 11) is 0. The Balaban J connectivity index is 2.12. The zero-order valence-electron chi connectivity index (χ0n) is 13.2. The molecule has 0 aliphatic rings. The van der Waals surface area contributed by atoms with E-state index in [9.17, 15) is 26.3 Å². The number of hydrogen-bond acceptors (Lipinski definition) is 2. The van der Waals surface area contributed by atoms with Crippen molar-refractivity contribution in [2.75, 3.05) is 0 Å². The fraction of sp³-hybridized carbons (Fsp3) is 0.235. The van der Waals surface area contributed by atoms with Gasteiger partial charge in [0.25, 0.3) is 0 Å². The fourth-order valence-electron chi connectivity index (χ4n) is 2.85. The smallest absolute Gasteiger partial charge is 0.449 e. The monoisotopic (exact) mass is 372 g/mol. The van der Waals surface area contributed by atoms with Gasteiger partial charge in [0.1, 0.15) is 5.76 Å². The average Bonchev–Trinajstić information content (AvgIpc) is 3.10. The summed E-state index contributed by atoms with van der Waals surface area (Å²) in [6, 6.07) is 7.06. The van der Waals surface area contributed by atoms with Gasteiger partial charge in [0.15, 0.2) is 0 Å². The SMILES string of the molecule is Cc1cc2c(C(F)(F)F)c(C#N)ccc2n1Cc1ccc(C(F)(F)F)o1. The van der Waals surface area contributed by atoms with Gasteiger partial charge in [-0.25, -0.2) is 0 Å². The van der Waals surface area contributed by atoms with Crippen molar-refractivity contribution in [1.29, 1.82) is 5.26 Å². The molecule has 0 spiro atoms. The zero-order chi connectivity index (χ0) is 19.3. The molecule has 0 saturated carbocycles. The maximum Gasteiger partial charge on any atom is 0.449 e. The second-order valence-electron chi connectivity index (χ2n) is 5.67. The molecule has 0 aliphatic heterocycles. The van der Waals surface area contributed by atoms with Gasteiger partial charge >= 0.3 is 12.4 Å². The van der Waals surface area contributed by atoms with E-state index < -0.39 is 29.2 Å². The molecule has 2 heterocycles. The summed E-state index contributed by atoms with van der Waals surface area (Å²) in [5.74, 6) is -1.22. The van der Waals surface area contributed by atoms with Crippen molar-refractivity contribution in [3.05, 3.63) is 58.7 Å². The molecule has 3 aromatic rings. The van der Waals surface area contributed by atoms with Gasteiger partial charge in [-0.05, 0) is 37.3 Å². The molecule has 1 aromatic carbocycles. The zero-order valence-corrected chi connectivity index (χ0v) is 13.2. The van der Waals surface area contributed by atoms with E-state index in [0.717, 1.165) is 18.2 Å². The van der Waals surface area contributed by atoms with E-state index in [2.05, 4.69) is 0 Å². The van der Waals surface area contributed by atoms with Crippen LogP contribution in [-0.4, -0.2) is 4.57 Å². The number of benzene rings is 1. The van der Waals surface area contributed by atoms with Crippen molar-refractivity contribution in [2.45, 2.75) is 25.8 Å². The quantitative estimate of drug-likeness (QED) is 0.558. The summed E-state index contributed by atoms with van der Waals surface area (Å²) in [5.41, 5.74) is -1.03. The number of nitrogens with zero attached hydrogens (tertiary/aromatic N) is 2. The summed E-state index contributed by atoms with van der Waals surface area (Å²) >= 11 is 0. The van der Waals surface area contributed by atoms with Gasteiger partial charge in [-0.1, -0.05) is 0 Å². The Labute approximate surface area is 143 Å². The van der Waals surface area contributed by atoms with Gasteiger partial charge in [0.05, 0.1) is 23.7 Å². The average molecular weight is 372 g/mol. The van der Waals surface area contributed by atoms with Crippen molar-refractivity contribution >= 4 is 10.9 Å². The van der Waals surface area contributed by atoms with Gasteiger partial charge in [0.2, 0.25) is 5.76 Å². The van der Waals surface area contributed by atoms with E-state index in [4.69, 9.17) is 9.68 Å². The van der Waals surface area contributed by atoms with Gasteiger partial charge in [0, 0.05) is 16.6 Å². The van der Waals surface area contributed by atoms with Crippen LogP contribution >= 0.6 is 0 Å². The number of halogens is 6. The molecule has 9 heteroatoms. The van der Waals surface area contributed by atoms with Crippen molar-refractivity contribution in [1.82, 2.24) is 4.57 Å². The number of rotatable bonds is 2.